The highest BCUT2D eigenvalue weighted by Crippen LogP contribution is 2.16. The predicted molar refractivity (Wildman–Crippen MR) is 80.3 cm³/mol. The fourth-order valence-electron chi connectivity index (χ4n) is 2.43. The third kappa shape index (κ3) is 3.70. The van der Waals surface area contributed by atoms with E-state index in [9.17, 15) is 4.79 Å². The number of rotatable bonds is 2. The zero-order valence-corrected chi connectivity index (χ0v) is 12.6. The van der Waals surface area contributed by atoms with Crippen LogP contribution in [0.5, 0.6) is 0 Å². The first-order valence-electron chi connectivity index (χ1n) is 7.09. The van der Waals surface area contributed by atoms with Crippen molar-refractivity contribution in [2.24, 2.45) is 0 Å². The van der Waals surface area contributed by atoms with Gasteiger partial charge < -0.3 is 10.6 Å². The third-order valence-electron chi connectivity index (χ3n) is 3.76. The topological polar surface area (TPSA) is 62.5 Å². The Hall–Kier alpha value is -1.62. The van der Waals surface area contributed by atoms with E-state index < -0.39 is 0 Å². The molecular weight excluding hydrogens is 252 g/mol. The van der Waals surface area contributed by atoms with Gasteiger partial charge in [0, 0.05) is 37.4 Å². The average Bonchev–Trinajstić information content (AvgIpc) is 2.40. The molecular formula is C15H24N4O. The normalized spacial score (nSPS) is 17.2. The Morgan fingerprint density at radius 2 is 1.90 bits per heavy atom. The molecule has 0 spiro atoms. The number of hydrogen-bond acceptors (Lipinski definition) is 4. The van der Waals surface area contributed by atoms with E-state index in [0.717, 1.165) is 31.9 Å². The summed E-state index contributed by atoms with van der Waals surface area (Å²) in [5.74, 6) is 0.149. The molecule has 1 aliphatic rings. The molecule has 0 radical (unpaired) electrons. The Balaban J connectivity index is 1.87. The lowest BCUT2D eigenvalue weighted by molar-refractivity contribution is -0.133. The zero-order valence-electron chi connectivity index (χ0n) is 12.6. The molecule has 2 N–H and O–H groups in total. The fraction of sp³-hybridized carbons (Fsp3) is 0.600. The van der Waals surface area contributed by atoms with Crippen molar-refractivity contribution in [2.45, 2.75) is 32.7 Å². The number of amides is 1. The first kappa shape index (κ1) is 14.8. The number of carbonyl (C=O) groups excluding carboxylic acids is 1. The van der Waals surface area contributed by atoms with Crippen molar-refractivity contribution in [1.82, 2.24) is 14.8 Å². The van der Waals surface area contributed by atoms with E-state index in [1.807, 2.05) is 11.0 Å². The first-order chi connectivity index (χ1) is 9.36. The van der Waals surface area contributed by atoms with Gasteiger partial charge in [-0.25, -0.2) is 0 Å². The van der Waals surface area contributed by atoms with Crippen molar-refractivity contribution in [3.05, 3.63) is 24.0 Å². The maximum atomic E-state index is 12.2. The first-order valence-corrected chi connectivity index (χ1v) is 7.09. The summed E-state index contributed by atoms with van der Waals surface area (Å²) in [6.07, 6.45) is 1.95. The molecule has 0 aliphatic carbocycles. The lowest BCUT2D eigenvalue weighted by Gasteiger charge is -2.42. The summed E-state index contributed by atoms with van der Waals surface area (Å²) < 4.78 is 0. The van der Waals surface area contributed by atoms with Gasteiger partial charge in [0.1, 0.15) is 0 Å². The van der Waals surface area contributed by atoms with E-state index in [1.165, 1.54) is 0 Å². The van der Waals surface area contributed by atoms with Gasteiger partial charge >= 0.3 is 0 Å². The Labute approximate surface area is 120 Å². The summed E-state index contributed by atoms with van der Waals surface area (Å²) >= 11 is 0. The quantitative estimate of drug-likeness (QED) is 0.880. The number of carbonyl (C=O) groups is 1. The lowest BCUT2D eigenvalue weighted by Crippen LogP contribution is -2.54. The van der Waals surface area contributed by atoms with Gasteiger partial charge in [-0.05, 0) is 32.9 Å². The van der Waals surface area contributed by atoms with Crippen molar-refractivity contribution in [1.29, 1.82) is 0 Å². The number of aromatic nitrogens is 1. The van der Waals surface area contributed by atoms with Crippen LogP contribution in [-0.4, -0.2) is 52.4 Å². The van der Waals surface area contributed by atoms with Crippen molar-refractivity contribution in [3.8, 4) is 0 Å². The minimum absolute atomic E-state index is 0.149. The molecule has 2 rings (SSSR count). The van der Waals surface area contributed by atoms with Crippen molar-refractivity contribution < 1.29 is 4.79 Å². The minimum Gasteiger partial charge on any atom is -0.397 e. The molecule has 0 aromatic carbocycles. The molecule has 1 amide bonds. The van der Waals surface area contributed by atoms with Gasteiger partial charge in [-0.2, -0.15) is 0 Å². The molecule has 1 aromatic heterocycles. The number of nitrogens with two attached hydrogens (primary N) is 1. The van der Waals surface area contributed by atoms with Crippen LogP contribution in [0.25, 0.3) is 0 Å². The Morgan fingerprint density at radius 3 is 2.40 bits per heavy atom. The van der Waals surface area contributed by atoms with Gasteiger partial charge in [0.05, 0.1) is 18.3 Å². The van der Waals surface area contributed by atoms with Crippen LogP contribution in [0.3, 0.4) is 0 Å². The van der Waals surface area contributed by atoms with Gasteiger partial charge in [0.2, 0.25) is 5.91 Å². The molecule has 2 heterocycles. The van der Waals surface area contributed by atoms with Crippen molar-refractivity contribution >= 4 is 11.6 Å². The Morgan fingerprint density at radius 1 is 1.25 bits per heavy atom. The summed E-state index contributed by atoms with van der Waals surface area (Å²) in [5.41, 5.74) is 7.17. The van der Waals surface area contributed by atoms with Crippen LogP contribution in [0.1, 0.15) is 26.5 Å². The monoisotopic (exact) mass is 276 g/mol. The lowest BCUT2D eigenvalue weighted by atomic mass is 10.0. The van der Waals surface area contributed by atoms with Crippen LogP contribution in [0.4, 0.5) is 5.69 Å². The summed E-state index contributed by atoms with van der Waals surface area (Å²) in [4.78, 5) is 20.8. The van der Waals surface area contributed by atoms with Crippen molar-refractivity contribution in [3.63, 3.8) is 0 Å². The minimum atomic E-state index is 0.149. The number of anilines is 1. The second-order valence-electron chi connectivity index (χ2n) is 6.30. The summed E-state index contributed by atoms with van der Waals surface area (Å²) in [6, 6.07) is 3.60. The van der Waals surface area contributed by atoms with Crippen LogP contribution in [0, 0.1) is 0 Å². The second kappa shape index (κ2) is 5.79. The molecule has 1 saturated heterocycles. The smallest absolute Gasteiger partial charge is 0.228 e. The van der Waals surface area contributed by atoms with E-state index in [-0.39, 0.29) is 11.4 Å². The molecule has 5 heteroatoms. The van der Waals surface area contributed by atoms with Crippen LogP contribution in [0.2, 0.25) is 0 Å². The molecule has 110 valence electrons. The molecule has 5 nitrogen and oxygen atoms in total. The van der Waals surface area contributed by atoms with Crippen LogP contribution < -0.4 is 5.73 Å². The van der Waals surface area contributed by atoms with Crippen LogP contribution in [-0.2, 0) is 11.2 Å². The standard InChI is InChI=1S/C15H24N4O/c1-15(2,3)19-8-6-18(7-9-19)14(20)10-13-5-4-12(16)11-17-13/h4-5,11H,6-10,16H2,1-3H3. The predicted octanol–water partition coefficient (Wildman–Crippen LogP) is 1.15. The SMILES string of the molecule is CC(C)(C)N1CCN(C(=O)Cc2ccc(N)cn2)CC1. The summed E-state index contributed by atoms with van der Waals surface area (Å²) in [6.45, 7) is 10.1. The fourth-order valence-corrected chi connectivity index (χ4v) is 2.43. The summed E-state index contributed by atoms with van der Waals surface area (Å²) in [5, 5.41) is 0. The highest BCUT2D eigenvalue weighted by atomic mass is 16.2. The average molecular weight is 276 g/mol. The number of nitrogens with zero attached hydrogens (tertiary/aromatic N) is 3. The van der Waals surface area contributed by atoms with Gasteiger partial charge in [-0.3, -0.25) is 14.7 Å². The van der Waals surface area contributed by atoms with Crippen LogP contribution in [0.15, 0.2) is 18.3 Å². The maximum absolute atomic E-state index is 12.2. The van der Waals surface area contributed by atoms with Gasteiger partial charge in [-0.15, -0.1) is 0 Å². The Kier molecular flexibility index (Phi) is 4.28. The van der Waals surface area contributed by atoms with Gasteiger partial charge in [0.15, 0.2) is 0 Å². The largest absolute Gasteiger partial charge is 0.397 e. The zero-order chi connectivity index (χ0) is 14.8. The van der Waals surface area contributed by atoms with Gasteiger partial charge in [-0.1, -0.05) is 0 Å². The molecule has 1 fully saturated rings. The van der Waals surface area contributed by atoms with Crippen molar-refractivity contribution in [2.75, 3.05) is 31.9 Å². The van der Waals surface area contributed by atoms with E-state index in [0.29, 0.717) is 12.1 Å². The highest BCUT2D eigenvalue weighted by molar-refractivity contribution is 5.78. The maximum Gasteiger partial charge on any atom is 0.228 e. The molecule has 0 atom stereocenters. The molecule has 20 heavy (non-hydrogen) atoms. The number of nitrogen functional groups attached to an aromatic ring is 1. The summed E-state index contributed by atoms with van der Waals surface area (Å²) in [7, 11) is 0. The molecule has 0 unspecified atom stereocenters. The number of hydrogen-bond donors (Lipinski definition) is 1. The Bertz CT molecular complexity index is 456. The van der Waals surface area contributed by atoms with E-state index in [4.69, 9.17) is 5.73 Å². The number of pyridine rings is 1. The van der Waals surface area contributed by atoms with E-state index in [1.54, 1.807) is 12.3 Å². The second-order valence-corrected chi connectivity index (χ2v) is 6.30. The molecule has 0 bridgehead atoms. The number of piperazine rings is 1. The molecule has 1 aromatic rings. The molecule has 0 saturated carbocycles. The van der Waals surface area contributed by atoms with E-state index in [2.05, 4.69) is 30.7 Å². The highest BCUT2D eigenvalue weighted by Gasteiger charge is 2.27. The van der Waals surface area contributed by atoms with E-state index >= 15 is 0 Å². The molecule has 1 aliphatic heterocycles. The third-order valence-corrected chi connectivity index (χ3v) is 3.76. The van der Waals surface area contributed by atoms with Crippen LogP contribution >= 0.6 is 0 Å². The van der Waals surface area contributed by atoms with Gasteiger partial charge in [0.25, 0.3) is 0 Å².